The number of urea groups is 1. The van der Waals surface area contributed by atoms with Crippen molar-refractivity contribution < 1.29 is 57.6 Å². The number of aliphatic hydroxyl groups excluding tert-OH is 1. The summed E-state index contributed by atoms with van der Waals surface area (Å²) in [5, 5.41) is 31.8. The quantitative estimate of drug-likeness (QED) is 0.0387. The molecule has 2 saturated heterocycles. The van der Waals surface area contributed by atoms with Crippen LogP contribution in [-0.2, 0) is 38.1 Å². The van der Waals surface area contributed by atoms with E-state index in [9.17, 15) is 43.9 Å². The van der Waals surface area contributed by atoms with Crippen LogP contribution in [-0.4, -0.2) is 145 Å². The smallest absolute Gasteiger partial charge is 0.461 e. The minimum Gasteiger partial charge on any atom is -0.461 e. The molecule has 6 atom stereocenters. The standard InChI is InChI=1S/C48H65N9O12/c1-7-26-66-43(62)48(19-9-20-48)42(61)54-36(10-8-21-51-44(50)63)39(58)53-34-17-15-33(16-18-34)38(41(60)56-24-22-55(6)23-25-56)68-46(65)67-35-27-37(57(29-35)45(64)69-47(3,4)5)40(59)52-30(2)32-13-11-31(28-49)12-14-32/h7,11-18,30,35-38,41,60H,1,8-10,19-27,29H2,2-6H3,(H,52,59)(H,53,58)(H,54,61)(H3,50,51,63)/t30-,35+,36-,37-,38?,41?/m0/s1. The lowest BCUT2D eigenvalue weighted by molar-refractivity contribution is -0.167. The van der Waals surface area contributed by atoms with E-state index in [1.165, 1.54) is 23.1 Å². The zero-order valence-electron chi connectivity index (χ0n) is 39.9. The molecule has 2 aliphatic heterocycles. The second-order valence-corrected chi connectivity index (χ2v) is 18.5. The number of nitrogens with two attached hydrogens (primary N) is 1. The monoisotopic (exact) mass is 959 g/mol. The van der Waals surface area contributed by atoms with Gasteiger partial charge in [0, 0.05) is 44.8 Å². The molecule has 7 N–H and O–H groups in total. The first-order valence-electron chi connectivity index (χ1n) is 23.0. The number of likely N-dealkylation sites (tertiary alicyclic amines) is 1. The van der Waals surface area contributed by atoms with E-state index in [-0.39, 0.29) is 57.5 Å². The number of rotatable bonds is 19. The Balaban J connectivity index is 1.31. The van der Waals surface area contributed by atoms with Gasteiger partial charge in [-0.15, -0.1) is 0 Å². The fourth-order valence-corrected chi connectivity index (χ4v) is 8.13. The second kappa shape index (κ2) is 24.0. The summed E-state index contributed by atoms with van der Waals surface area (Å²) < 4.78 is 22.5. The number of esters is 1. The third-order valence-electron chi connectivity index (χ3n) is 12.2. The molecule has 1 aliphatic carbocycles. The molecule has 1 saturated carbocycles. The summed E-state index contributed by atoms with van der Waals surface area (Å²) in [7, 11) is 1.95. The highest BCUT2D eigenvalue weighted by Gasteiger charge is 2.53. The second-order valence-electron chi connectivity index (χ2n) is 18.5. The van der Waals surface area contributed by atoms with E-state index in [4.69, 9.17) is 24.7 Å². The summed E-state index contributed by atoms with van der Waals surface area (Å²) in [6, 6.07) is 11.4. The Morgan fingerprint density at radius 2 is 1.64 bits per heavy atom. The highest BCUT2D eigenvalue weighted by atomic mass is 16.7. The predicted molar refractivity (Wildman–Crippen MR) is 249 cm³/mol. The van der Waals surface area contributed by atoms with Gasteiger partial charge in [-0.1, -0.05) is 43.3 Å². The summed E-state index contributed by atoms with van der Waals surface area (Å²) in [6.45, 7) is 12.3. The zero-order chi connectivity index (χ0) is 50.5. The summed E-state index contributed by atoms with van der Waals surface area (Å²) in [6.07, 6.45) is -2.91. The van der Waals surface area contributed by atoms with Crippen LogP contribution in [0, 0.1) is 16.7 Å². The maximum absolute atomic E-state index is 13.8. The number of carbonyl (C=O) groups is 7. The molecular formula is C48H65N9O12. The Hall–Kier alpha value is -6.76. The van der Waals surface area contributed by atoms with Crippen molar-refractivity contribution in [3.8, 4) is 6.07 Å². The average Bonchev–Trinajstić information content (AvgIpc) is 3.72. The van der Waals surface area contributed by atoms with Crippen molar-refractivity contribution >= 4 is 47.7 Å². The molecule has 0 aromatic heterocycles. The van der Waals surface area contributed by atoms with E-state index in [1.54, 1.807) is 69.0 Å². The molecular weight excluding hydrogens is 895 g/mol. The van der Waals surface area contributed by atoms with Gasteiger partial charge in [-0.25, -0.2) is 14.4 Å². The topological polar surface area (TPSA) is 284 Å². The molecule has 374 valence electrons. The van der Waals surface area contributed by atoms with Crippen LogP contribution in [0.2, 0.25) is 0 Å². The summed E-state index contributed by atoms with van der Waals surface area (Å²) >= 11 is 0. The molecule has 3 fully saturated rings. The number of nitriles is 1. The number of hydrogen-bond donors (Lipinski definition) is 6. The Morgan fingerprint density at radius 1 is 0.986 bits per heavy atom. The van der Waals surface area contributed by atoms with Gasteiger partial charge in [-0.05, 0) is 95.8 Å². The molecule has 69 heavy (non-hydrogen) atoms. The molecule has 5 rings (SSSR count). The zero-order valence-corrected chi connectivity index (χ0v) is 39.9. The van der Waals surface area contributed by atoms with Gasteiger partial charge in [0.25, 0.3) is 0 Å². The van der Waals surface area contributed by atoms with Crippen molar-refractivity contribution in [2.24, 2.45) is 11.1 Å². The van der Waals surface area contributed by atoms with Gasteiger partial charge in [0.15, 0.2) is 6.10 Å². The molecule has 2 unspecified atom stereocenters. The van der Waals surface area contributed by atoms with Crippen molar-refractivity contribution in [1.29, 1.82) is 5.26 Å². The molecule has 2 heterocycles. The fourth-order valence-electron chi connectivity index (χ4n) is 8.13. The van der Waals surface area contributed by atoms with Gasteiger partial charge < -0.3 is 56.0 Å². The number of anilines is 1. The third-order valence-corrected chi connectivity index (χ3v) is 12.2. The number of ether oxygens (including phenoxy) is 4. The van der Waals surface area contributed by atoms with Crippen molar-refractivity contribution in [1.82, 2.24) is 30.7 Å². The molecule has 0 radical (unpaired) electrons. The number of benzene rings is 2. The minimum atomic E-state index is -1.45. The van der Waals surface area contributed by atoms with Crippen LogP contribution in [0.5, 0.6) is 0 Å². The van der Waals surface area contributed by atoms with Crippen LogP contribution in [0.4, 0.5) is 20.1 Å². The molecule has 0 bridgehead atoms. The molecule has 6 amide bonds. The van der Waals surface area contributed by atoms with Crippen molar-refractivity contribution in [2.75, 3.05) is 58.2 Å². The molecule has 3 aliphatic rings. The lowest BCUT2D eigenvalue weighted by atomic mass is 9.68. The van der Waals surface area contributed by atoms with Gasteiger partial charge >= 0.3 is 24.2 Å². The van der Waals surface area contributed by atoms with E-state index in [0.29, 0.717) is 43.7 Å². The number of nitrogens with zero attached hydrogens (tertiary/aromatic N) is 4. The van der Waals surface area contributed by atoms with Crippen LogP contribution in [0.25, 0.3) is 0 Å². The minimum absolute atomic E-state index is 0.0721. The van der Waals surface area contributed by atoms with Gasteiger partial charge in [-0.2, -0.15) is 5.26 Å². The largest absolute Gasteiger partial charge is 0.509 e. The van der Waals surface area contributed by atoms with Crippen molar-refractivity contribution in [3.05, 3.63) is 77.9 Å². The maximum Gasteiger partial charge on any atom is 0.509 e. The number of nitrogens with one attached hydrogen (secondary N) is 4. The van der Waals surface area contributed by atoms with Crippen LogP contribution in [0.15, 0.2) is 61.2 Å². The Morgan fingerprint density at radius 3 is 2.22 bits per heavy atom. The fraction of sp³-hybridized carbons (Fsp3) is 0.542. The first-order valence-corrected chi connectivity index (χ1v) is 23.0. The Labute approximate surface area is 402 Å². The summed E-state index contributed by atoms with van der Waals surface area (Å²) in [4.78, 5) is 97.6. The van der Waals surface area contributed by atoms with Crippen molar-refractivity contribution in [3.63, 3.8) is 0 Å². The van der Waals surface area contributed by atoms with Crippen LogP contribution < -0.4 is 27.0 Å². The van der Waals surface area contributed by atoms with Gasteiger partial charge in [0.2, 0.25) is 17.7 Å². The van der Waals surface area contributed by atoms with Gasteiger partial charge in [-0.3, -0.25) is 29.0 Å². The maximum atomic E-state index is 13.8. The Bertz CT molecular complexity index is 2200. The van der Waals surface area contributed by atoms with Crippen LogP contribution in [0.3, 0.4) is 0 Å². The summed E-state index contributed by atoms with van der Waals surface area (Å²) in [5.74, 6) is -2.51. The number of carbonyl (C=O) groups excluding carboxylic acids is 7. The van der Waals surface area contributed by atoms with E-state index in [1.807, 2.05) is 7.05 Å². The van der Waals surface area contributed by atoms with E-state index >= 15 is 0 Å². The molecule has 0 spiro atoms. The number of likely N-dealkylation sites (N-methyl/N-ethyl adjacent to an activating group) is 1. The van der Waals surface area contributed by atoms with E-state index in [2.05, 4.69) is 38.8 Å². The van der Waals surface area contributed by atoms with Crippen LogP contribution >= 0.6 is 0 Å². The SMILES string of the molecule is C=CCOC(=O)C1(C(=O)N[C@@H](CCCNC(N)=O)C(=O)Nc2ccc(C(OC(=O)O[C@@H]3C[C@@H](C(=O)N[C@@H](C)c4ccc(C#N)cc4)N(C(=O)OC(C)(C)C)C3)C(O)N3CCN(C)CC3)cc2)CCC1. The van der Waals surface area contributed by atoms with E-state index in [0.717, 1.165) is 5.56 Å². The molecule has 21 nitrogen and oxygen atoms in total. The number of hydrogen-bond acceptors (Lipinski definition) is 15. The first kappa shape index (κ1) is 53.2. The molecule has 2 aromatic carbocycles. The summed E-state index contributed by atoms with van der Waals surface area (Å²) in [5.41, 5.74) is 4.64. The van der Waals surface area contributed by atoms with Gasteiger partial charge in [0.05, 0.1) is 24.2 Å². The lowest BCUT2D eigenvalue weighted by Gasteiger charge is -2.38. The number of primary amides is 1. The van der Waals surface area contributed by atoms with Crippen molar-refractivity contribution in [2.45, 2.75) is 108 Å². The molecule has 2 aromatic rings. The van der Waals surface area contributed by atoms with E-state index < -0.39 is 89.5 Å². The number of piperazine rings is 1. The molecule has 21 heteroatoms. The predicted octanol–water partition coefficient (Wildman–Crippen LogP) is 3.35. The lowest BCUT2D eigenvalue weighted by Crippen LogP contribution is -2.56. The average molecular weight is 960 g/mol. The highest BCUT2D eigenvalue weighted by molar-refractivity contribution is 6.06. The number of aliphatic hydroxyl groups is 1. The van der Waals surface area contributed by atoms with Gasteiger partial charge in [0.1, 0.15) is 42.0 Å². The van der Waals surface area contributed by atoms with Crippen LogP contribution in [0.1, 0.15) is 95.1 Å². The number of amides is 6. The Kier molecular flexibility index (Phi) is 18.5. The highest BCUT2D eigenvalue weighted by Crippen LogP contribution is 2.42. The first-order chi connectivity index (χ1) is 32.7. The normalized spacial score (nSPS) is 19.7. The third kappa shape index (κ3) is 14.6.